The number of imide groups is 1. The highest BCUT2D eigenvalue weighted by Crippen LogP contribution is 2.37. The van der Waals surface area contributed by atoms with Gasteiger partial charge in [-0.3, -0.25) is 19.2 Å². The van der Waals surface area contributed by atoms with Crippen LogP contribution in [0, 0.1) is 5.92 Å². The van der Waals surface area contributed by atoms with E-state index in [-0.39, 0.29) is 0 Å². The minimum Gasteiger partial charge on any atom is -0.468 e. The van der Waals surface area contributed by atoms with Crippen LogP contribution in [0.2, 0.25) is 0 Å². The maximum atomic E-state index is 12.6. The molecule has 1 aromatic carbocycles. The molecule has 2 fully saturated rings. The van der Waals surface area contributed by atoms with Crippen LogP contribution in [0.25, 0.3) is 0 Å². The lowest BCUT2D eigenvalue weighted by molar-refractivity contribution is -0.174. The highest BCUT2D eigenvalue weighted by Gasteiger charge is 2.61. The third-order valence-electron chi connectivity index (χ3n) is 3.76. The van der Waals surface area contributed by atoms with Crippen molar-refractivity contribution in [2.24, 2.45) is 5.92 Å². The van der Waals surface area contributed by atoms with Crippen molar-refractivity contribution in [2.45, 2.75) is 12.1 Å². The Morgan fingerprint density at radius 3 is 2.48 bits per heavy atom. The summed E-state index contributed by atoms with van der Waals surface area (Å²) >= 11 is 0. The first-order chi connectivity index (χ1) is 10.1. The summed E-state index contributed by atoms with van der Waals surface area (Å²) in [7, 11) is 2.74. The molecular formula is C14H14N2O5. The number of fused-ring (bicyclic) bond motifs is 1. The van der Waals surface area contributed by atoms with E-state index in [2.05, 4.69) is 0 Å². The van der Waals surface area contributed by atoms with Crippen molar-refractivity contribution < 1.29 is 24.0 Å². The van der Waals surface area contributed by atoms with E-state index in [9.17, 15) is 14.4 Å². The highest BCUT2D eigenvalue weighted by atomic mass is 16.7. The van der Waals surface area contributed by atoms with E-state index in [4.69, 9.17) is 9.57 Å². The van der Waals surface area contributed by atoms with Gasteiger partial charge in [0.25, 0.3) is 5.91 Å². The highest BCUT2D eigenvalue weighted by molar-refractivity contribution is 6.24. The number of carbonyl (C=O) groups is 3. The average molecular weight is 290 g/mol. The zero-order valence-corrected chi connectivity index (χ0v) is 11.6. The van der Waals surface area contributed by atoms with Crippen LogP contribution in [0.3, 0.4) is 0 Å². The van der Waals surface area contributed by atoms with Gasteiger partial charge in [0.15, 0.2) is 6.10 Å². The van der Waals surface area contributed by atoms with Gasteiger partial charge in [0, 0.05) is 7.05 Å². The van der Waals surface area contributed by atoms with Gasteiger partial charge in [0.1, 0.15) is 12.0 Å². The summed E-state index contributed by atoms with van der Waals surface area (Å²) in [5.41, 5.74) is 0.469. The smallest absolute Gasteiger partial charge is 0.326 e. The number of nitrogens with zero attached hydrogens (tertiary/aromatic N) is 2. The maximum absolute atomic E-state index is 12.6. The molecule has 3 rings (SSSR count). The number of ether oxygens (including phenoxy) is 1. The van der Waals surface area contributed by atoms with Gasteiger partial charge >= 0.3 is 5.97 Å². The predicted octanol–water partition coefficient (Wildman–Crippen LogP) is -0.0368. The van der Waals surface area contributed by atoms with Gasteiger partial charge in [-0.1, -0.05) is 18.2 Å². The summed E-state index contributed by atoms with van der Waals surface area (Å²) in [6, 6.07) is 7.66. The van der Waals surface area contributed by atoms with Gasteiger partial charge in [0.05, 0.1) is 12.8 Å². The second kappa shape index (κ2) is 4.94. The van der Waals surface area contributed by atoms with Crippen molar-refractivity contribution in [1.82, 2.24) is 5.06 Å². The normalized spacial score (nSPS) is 28.9. The first-order valence-corrected chi connectivity index (χ1v) is 6.46. The van der Waals surface area contributed by atoms with E-state index in [1.807, 2.05) is 0 Å². The number of hydrogen-bond donors (Lipinski definition) is 0. The first kappa shape index (κ1) is 13.7. The van der Waals surface area contributed by atoms with Gasteiger partial charge in [-0.15, -0.1) is 0 Å². The SMILES string of the molecule is COC(=O)[C@@H]1[C@H]2C(=O)N(c3ccccc3)C(=O)[C@H]2ON1C. The fourth-order valence-corrected chi connectivity index (χ4v) is 2.80. The summed E-state index contributed by atoms with van der Waals surface area (Å²) in [5, 5.41) is 1.22. The monoisotopic (exact) mass is 290 g/mol. The van der Waals surface area contributed by atoms with Gasteiger partial charge < -0.3 is 4.74 Å². The van der Waals surface area contributed by atoms with E-state index in [0.29, 0.717) is 5.69 Å². The number of likely N-dealkylation sites (N-methyl/N-ethyl adjacent to an activating group) is 1. The minimum absolute atomic E-state index is 0.448. The Labute approximate surface area is 121 Å². The molecule has 110 valence electrons. The molecule has 0 bridgehead atoms. The Kier molecular flexibility index (Phi) is 3.23. The van der Waals surface area contributed by atoms with Crippen LogP contribution in [0.15, 0.2) is 30.3 Å². The van der Waals surface area contributed by atoms with E-state index in [0.717, 1.165) is 4.90 Å². The summed E-state index contributed by atoms with van der Waals surface area (Å²) in [5.74, 6) is -2.39. The van der Waals surface area contributed by atoms with Gasteiger partial charge in [-0.05, 0) is 12.1 Å². The fourth-order valence-electron chi connectivity index (χ4n) is 2.80. The number of methoxy groups -OCH3 is 1. The number of carbonyl (C=O) groups excluding carboxylic acids is 3. The third kappa shape index (κ3) is 1.93. The van der Waals surface area contributed by atoms with Crippen LogP contribution in [0.1, 0.15) is 0 Å². The van der Waals surface area contributed by atoms with Crippen molar-refractivity contribution in [2.75, 3.05) is 19.1 Å². The lowest BCUT2D eigenvalue weighted by atomic mass is 9.97. The van der Waals surface area contributed by atoms with E-state index < -0.39 is 35.8 Å². The van der Waals surface area contributed by atoms with Gasteiger partial charge in [0.2, 0.25) is 5.91 Å². The van der Waals surface area contributed by atoms with Crippen LogP contribution in [-0.4, -0.2) is 49.2 Å². The van der Waals surface area contributed by atoms with Gasteiger partial charge in [-0.2, -0.15) is 5.06 Å². The van der Waals surface area contributed by atoms with E-state index in [1.54, 1.807) is 30.3 Å². The van der Waals surface area contributed by atoms with Crippen LogP contribution >= 0.6 is 0 Å². The number of para-hydroxylation sites is 1. The number of hydrogen-bond acceptors (Lipinski definition) is 6. The van der Waals surface area contributed by atoms with Crippen LogP contribution in [-0.2, 0) is 24.0 Å². The van der Waals surface area contributed by atoms with Crippen molar-refractivity contribution in [3.05, 3.63) is 30.3 Å². The van der Waals surface area contributed by atoms with Crippen LogP contribution in [0.4, 0.5) is 5.69 Å². The summed E-state index contributed by atoms with van der Waals surface area (Å²) in [6.07, 6.45) is -0.980. The average Bonchev–Trinajstić information content (AvgIpc) is 2.95. The molecule has 2 saturated heterocycles. The molecule has 2 amide bonds. The number of amides is 2. The lowest BCUT2D eigenvalue weighted by Gasteiger charge is -2.21. The fraction of sp³-hybridized carbons (Fsp3) is 0.357. The summed E-state index contributed by atoms with van der Waals surface area (Å²) in [6.45, 7) is 0. The first-order valence-electron chi connectivity index (χ1n) is 6.46. The van der Waals surface area contributed by atoms with E-state index >= 15 is 0 Å². The Bertz CT molecular complexity index is 603. The topological polar surface area (TPSA) is 76.2 Å². The number of hydroxylamine groups is 2. The molecule has 3 atom stereocenters. The zero-order valence-electron chi connectivity index (χ0n) is 11.6. The molecular weight excluding hydrogens is 276 g/mol. The van der Waals surface area contributed by atoms with Crippen molar-refractivity contribution in [1.29, 1.82) is 0 Å². The molecule has 21 heavy (non-hydrogen) atoms. The lowest BCUT2D eigenvalue weighted by Crippen LogP contribution is -2.43. The molecule has 0 aromatic heterocycles. The molecule has 0 N–H and O–H groups in total. The molecule has 2 aliphatic rings. The quantitative estimate of drug-likeness (QED) is 0.562. The number of rotatable bonds is 2. The molecule has 2 aliphatic heterocycles. The molecule has 0 spiro atoms. The molecule has 2 heterocycles. The number of esters is 1. The second-order valence-electron chi connectivity index (χ2n) is 4.91. The predicted molar refractivity (Wildman–Crippen MR) is 70.9 cm³/mol. The number of anilines is 1. The molecule has 7 heteroatoms. The largest absolute Gasteiger partial charge is 0.468 e. The van der Waals surface area contributed by atoms with Crippen LogP contribution < -0.4 is 4.90 Å². The second-order valence-corrected chi connectivity index (χ2v) is 4.91. The van der Waals surface area contributed by atoms with Gasteiger partial charge in [-0.25, -0.2) is 4.90 Å². The van der Waals surface area contributed by atoms with Crippen molar-refractivity contribution in [3.63, 3.8) is 0 Å². The Morgan fingerprint density at radius 1 is 1.19 bits per heavy atom. The summed E-state index contributed by atoms with van der Waals surface area (Å²) < 4.78 is 4.69. The van der Waals surface area contributed by atoms with Crippen LogP contribution in [0.5, 0.6) is 0 Å². The molecule has 0 saturated carbocycles. The van der Waals surface area contributed by atoms with E-state index in [1.165, 1.54) is 19.2 Å². The third-order valence-corrected chi connectivity index (χ3v) is 3.76. The minimum atomic E-state index is -0.980. The van der Waals surface area contributed by atoms with Crippen molar-refractivity contribution in [3.8, 4) is 0 Å². The molecule has 0 radical (unpaired) electrons. The van der Waals surface area contributed by atoms with Crippen molar-refractivity contribution >= 4 is 23.5 Å². The Morgan fingerprint density at radius 2 is 1.86 bits per heavy atom. The molecule has 0 aliphatic carbocycles. The molecule has 0 unspecified atom stereocenters. The Balaban J connectivity index is 1.97. The maximum Gasteiger partial charge on any atom is 0.326 e. The Hall–Kier alpha value is -2.25. The number of benzene rings is 1. The summed E-state index contributed by atoms with van der Waals surface area (Å²) in [4.78, 5) is 43.2. The zero-order chi connectivity index (χ0) is 15.1. The standard InChI is InChI=1S/C14H14N2O5/c1-15-10(14(19)20-2)9-11(21-15)13(18)16(12(9)17)8-6-4-3-5-7-8/h3-7,9-11H,1-2H3/t9-,10+,11+/m1/s1. The molecule has 1 aromatic rings. The molecule has 7 nitrogen and oxygen atoms in total.